The molecule has 0 aliphatic carbocycles. The maximum absolute atomic E-state index is 14.2. The number of aryl methyl sites for hydroxylation is 1. The molecule has 178 valence electrons. The van der Waals surface area contributed by atoms with E-state index >= 15 is 0 Å². The molecule has 11 nitrogen and oxygen atoms in total. The third-order valence-electron chi connectivity index (χ3n) is 5.75. The number of nitrogens with zero attached hydrogens (tertiary/aromatic N) is 9. The van der Waals surface area contributed by atoms with Crippen molar-refractivity contribution in [3.63, 3.8) is 0 Å². The zero-order chi connectivity index (χ0) is 24.5. The van der Waals surface area contributed by atoms with Crippen LogP contribution in [0.1, 0.15) is 29.5 Å². The maximum Gasteiger partial charge on any atom is 0.341 e. The third-order valence-corrected chi connectivity index (χ3v) is 5.75. The summed E-state index contributed by atoms with van der Waals surface area (Å²) >= 11 is 0. The van der Waals surface area contributed by atoms with Crippen LogP contribution < -0.4 is 4.90 Å². The number of hydrogen-bond donors (Lipinski definition) is 0. The van der Waals surface area contributed by atoms with E-state index in [1.54, 1.807) is 24.1 Å². The van der Waals surface area contributed by atoms with Gasteiger partial charge < -0.3 is 14.2 Å². The standard InChI is InChI=1S/C22H19F2N9O2/c1-13-29-30-20(35-13)19-17(24)12-26-21(28-19)31-4-6-32(7-5-31)22(34)33-18(2-3-27-33)15-8-14(11-25)9-16(23)10-15/h3,8-10,12,18H,2,4-7H2,1H3. The molecule has 5 rings (SSSR count). The first kappa shape index (κ1) is 22.3. The molecule has 1 fully saturated rings. The summed E-state index contributed by atoms with van der Waals surface area (Å²) in [6, 6.07) is 5.13. The van der Waals surface area contributed by atoms with Crippen molar-refractivity contribution >= 4 is 18.2 Å². The van der Waals surface area contributed by atoms with Crippen molar-refractivity contribution in [2.24, 2.45) is 5.10 Å². The van der Waals surface area contributed by atoms with E-state index in [1.807, 2.05) is 11.0 Å². The van der Waals surface area contributed by atoms with E-state index in [4.69, 9.17) is 9.68 Å². The molecule has 0 N–H and O–H groups in total. The first-order chi connectivity index (χ1) is 16.9. The van der Waals surface area contributed by atoms with E-state index in [-0.39, 0.29) is 35.0 Å². The predicted molar refractivity (Wildman–Crippen MR) is 118 cm³/mol. The van der Waals surface area contributed by atoms with Gasteiger partial charge in [0.05, 0.1) is 23.9 Å². The number of aromatic nitrogens is 4. The summed E-state index contributed by atoms with van der Waals surface area (Å²) in [7, 11) is 0. The average Bonchev–Trinajstić information content (AvgIpc) is 3.53. The number of amides is 2. The quantitative estimate of drug-likeness (QED) is 0.561. The van der Waals surface area contributed by atoms with E-state index in [0.717, 1.165) is 12.3 Å². The lowest BCUT2D eigenvalue weighted by molar-refractivity contribution is 0.139. The molecule has 4 heterocycles. The molecule has 2 aromatic heterocycles. The zero-order valence-corrected chi connectivity index (χ0v) is 18.6. The highest BCUT2D eigenvalue weighted by Crippen LogP contribution is 2.31. The smallest absolute Gasteiger partial charge is 0.341 e. The molecule has 2 amide bonds. The molecule has 0 bridgehead atoms. The van der Waals surface area contributed by atoms with Crippen molar-refractivity contribution in [1.82, 2.24) is 30.1 Å². The summed E-state index contributed by atoms with van der Waals surface area (Å²) in [6.45, 7) is 3.10. The molecule has 13 heteroatoms. The lowest BCUT2D eigenvalue weighted by Crippen LogP contribution is -2.52. The van der Waals surface area contributed by atoms with E-state index in [2.05, 4.69) is 25.3 Å². The van der Waals surface area contributed by atoms with Gasteiger partial charge in [0.1, 0.15) is 5.82 Å². The number of urea groups is 1. The fourth-order valence-corrected chi connectivity index (χ4v) is 4.04. The summed E-state index contributed by atoms with van der Waals surface area (Å²) < 4.78 is 33.5. The molecule has 0 spiro atoms. The summed E-state index contributed by atoms with van der Waals surface area (Å²) in [5, 5.41) is 22.2. The van der Waals surface area contributed by atoms with Crippen LogP contribution >= 0.6 is 0 Å². The minimum Gasteiger partial charge on any atom is -0.420 e. The summed E-state index contributed by atoms with van der Waals surface area (Å²) in [6.07, 6.45) is 3.07. The largest absolute Gasteiger partial charge is 0.420 e. The van der Waals surface area contributed by atoms with E-state index < -0.39 is 17.7 Å². The van der Waals surface area contributed by atoms with Gasteiger partial charge in [0, 0.05) is 45.7 Å². The van der Waals surface area contributed by atoms with Crippen molar-refractivity contribution in [3.05, 3.63) is 53.0 Å². The number of carbonyl (C=O) groups is 1. The van der Waals surface area contributed by atoms with Gasteiger partial charge in [-0.2, -0.15) is 10.4 Å². The fourth-order valence-electron chi connectivity index (χ4n) is 4.04. The van der Waals surface area contributed by atoms with Crippen molar-refractivity contribution in [2.75, 3.05) is 31.1 Å². The minimum atomic E-state index is -0.680. The highest BCUT2D eigenvalue weighted by molar-refractivity contribution is 5.79. The van der Waals surface area contributed by atoms with Gasteiger partial charge in [-0.25, -0.2) is 28.6 Å². The molecule has 3 aromatic rings. The highest BCUT2D eigenvalue weighted by Gasteiger charge is 2.34. The average molecular weight is 479 g/mol. The third kappa shape index (κ3) is 4.37. The van der Waals surface area contributed by atoms with Gasteiger partial charge >= 0.3 is 6.03 Å². The Morgan fingerprint density at radius 1 is 1.17 bits per heavy atom. The number of anilines is 1. The molecule has 0 saturated carbocycles. The zero-order valence-electron chi connectivity index (χ0n) is 18.6. The van der Waals surface area contributed by atoms with Crippen molar-refractivity contribution in [1.29, 1.82) is 5.26 Å². The Hall–Kier alpha value is -4.47. The van der Waals surface area contributed by atoms with Crippen LogP contribution in [0.3, 0.4) is 0 Å². The van der Waals surface area contributed by atoms with Crippen LogP contribution in [0, 0.1) is 29.9 Å². The number of rotatable bonds is 3. The second-order valence-corrected chi connectivity index (χ2v) is 8.03. The number of halogens is 2. The Bertz CT molecular complexity index is 1340. The van der Waals surface area contributed by atoms with Crippen LogP contribution in [-0.4, -0.2) is 68.5 Å². The number of hydrogen-bond acceptors (Lipinski definition) is 9. The van der Waals surface area contributed by atoms with Crippen LogP contribution in [-0.2, 0) is 0 Å². The van der Waals surface area contributed by atoms with E-state index in [0.29, 0.717) is 38.2 Å². The summed E-state index contributed by atoms with van der Waals surface area (Å²) in [5.74, 6) is -0.684. The van der Waals surface area contributed by atoms with Gasteiger partial charge in [0.15, 0.2) is 11.5 Å². The summed E-state index contributed by atoms with van der Waals surface area (Å²) in [4.78, 5) is 25.0. The van der Waals surface area contributed by atoms with E-state index in [9.17, 15) is 13.6 Å². The van der Waals surface area contributed by atoms with Crippen LogP contribution in [0.25, 0.3) is 11.6 Å². The van der Waals surface area contributed by atoms with Crippen molar-refractivity contribution in [2.45, 2.75) is 19.4 Å². The van der Waals surface area contributed by atoms with Crippen LogP contribution in [0.2, 0.25) is 0 Å². The first-order valence-electron chi connectivity index (χ1n) is 10.8. The SMILES string of the molecule is Cc1nnc(-c2nc(N3CCN(C(=O)N4N=CCC4c4cc(F)cc(C#N)c4)CC3)ncc2F)o1. The Balaban J connectivity index is 1.28. The monoisotopic (exact) mass is 479 g/mol. The van der Waals surface area contributed by atoms with Gasteiger partial charge in [-0.15, -0.1) is 10.2 Å². The van der Waals surface area contributed by atoms with E-state index in [1.165, 1.54) is 11.1 Å². The minimum absolute atomic E-state index is 0.0349. The topological polar surface area (TPSA) is 128 Å². The number of nitriles is 1. The Morgan fingerprint density at radius 2 is 1.97 bits per heavy atom. The van der Waals surface area contributed by atoms with Crippen LogP contribution in [0.4, 0.5) is 19.5 Å². The first-order valence-corrected chi connectivity index (χ1v) is 10.8. The maximum atomic E-state index is 14.2. The Morgan fingerprint density at radius 3 is 2.69 bits per heavy atom. The van der Waals surface area contributed by atoms with Crippen LogP contribution in [0.15, 0.2) is 33.9 Å². The van der Waals surface area contributed by atoms with Gasteiger partial charge in [-0.1, -0.05) is 0 Å². The van der Waals surface area contributed by atoms with Crippen molar-refractivity contribution < 1.29 is 18.0 Å². The molecule has 0 radical (unpaired) electrons. The summed E-state index contributed by atoms with van der Waals surface area (Å²) in [5.41, 5.74) is 0.604. The lowest BCUT2D eigenvalue weighted by Gasteiger charge is -2.37. The molecule has 2 aliphatic heterocycles. The highest BCUT2D eigenvalue weighted by atomic mass is 19.1. The fraction of sp³-hybridized carbons (Fsp3) is 0.318. The van der Waals surface area contributed by atoms with Gasteiger partial charge in [-0.05, 0) is 23.8 Å². The molecule has 1 saturated heterocycles. The van der Waals surface area contributed by atoms with Crippen LogP contribution in [0.5, 0.6) is 0 Å². The number of piperazine rings is 1. The number of hydrazone groups is 1. The molecule has 1 unspecified atom stereocenters. The number of carbonyl (C=O) groups excluding carboxylic acids is 1. The molecule has 2 aliphatic rings. The van der Waals surface area contributed by atoms with Gasteiger partial charge in [0.2, 0.25) is 11.8 Å². The second-order valence-electron chi connectivity index (χ2n) is 8.03. The van der Waals surface area contributed by atoms with Crippen molar-refractivity contribution in [3.8, 4) is 17.7 Å². The normalized spacial score (nSPS) is 17.7. The molecule has 1 atom stereocenters. The molecular formula is C22H19F2N9O2. The molecule has 35 heavy (non-hydrogen) atoms. The molecule has 1 aromatic carbocycles. The Labute approximate surface area is 198 Å². The number of benzene rings is 1. The van der Waals surface area contributed by atoms with Gasteiger partial charge in [-0.3, -0.25) is 0 Å². The second kappa shape index (κ2) is 9.05. The molecular weight excluding hydrogens is 460 g/mol. The predicted octanol–water partition coefficient (Wildman–Crippen LogP) is 2.66. The lowest BCUT2D eigenvalue weighted by atomic mass is 10.0. The Kier molecular flexibility index (Phi) is 5.77. The van der Waals surface area contributed by atoms with Gasteiger partial charge in [0.25, 0.3) is 5.89 Å².